The molecule has 3 N–H and O–H groups in total. The van der Waals surface area contributed by atoms with E-state index in [0.717, 1.165) is 25.3 Å². The number of ether oxygens (including phenoxy) is 1. The van der Waals surface area contributed by atoms with Crippen molar-refractivity contribution in [1.29, 1.82) is 0 Å². The second kappa shape index (κ2) is 4.89. The molecule has 0 saturated carbocycles. The molecule has 1 aliphatic heterocycles. The minimum atomic E-state index is -0.331. The summed E-state index contributed by atoms with van der Waals surface area (Å²) in [5, 5.41) is 0. The van der Waals surface area contributed by atoms with E-state index >= 15 is 0 Å². The number of likely N-dealkylation sites (tertiary alicyclic amines) is 1. The first-order chi connectivity index (χ1) is 8.10. The topological polar surface area (TPSA) is 71.3 Å². The van der Waals surface area contributed by atoms with Crippen molar-refractivity contribution < 1.29 is 9.53 Å². The number of nitrogens with one attached hydrogen (secondary N) is 1. The van der Waals surface area contributed by atoms with Gasteiger partial charge in [-0.05, 0) is 18.1 Å². The summed E-state index contributed by atoms with van der Waals surface area (Å²) in [5.41, 5.74) is 7.49. The van der Waals surface area contributed by atoms with Gasteiger partial charge >= 0.3 is 5.97 Å². The number of carbonyl (C=O) groups excluding carboxylic acids is 1. The third-order valence-corrected chi connectivity index (χ3v) is 3.29. The predicted octanol–water partition coefficient (Wildman–Crippen LogP) is 0.580. The van der Waals surface area contributed by atoms with Crippen LogP contribution in [0.5, 0.6) is 0 Å². The molecule has 1 fully saturated rings. The molecule has 0 aromatic carbocycles. The summed E-state index contributed by atoms with van der Waals surface area (Å²) in [5.74, 6) is 0.202. The van der Waals surface area contributed by atoms with Gasteiger partial charge < -0.3 is 15.5 Å². The van der Waals surface area contributed by atoms with Crippen LogP contribution in [0.1, 0.15) is 23.1 Å². The molecule has 2 heterocycles. The molecule has 2 atom stereocenters. The average Bonchev–Trinajstić information content (AvgIpc) is 2.87. The fourth-order valence-corrected chi connectivity index (χ4v) is 2.23. The molecule has 5 heteroatoms. The Morgan fingerprint density at radius 2 is 2.35 bits per heavy atom. The average molecular weight is 237 g/mol. The third-order valence-electron chi connectivity index (χ3n) is 3.29. The lowest BCUT2D eigenvalue weighted by atomic mass is 10.1. The van der Waals surface area contributed by atoms with E-state index in [9.17, 15) is 4.79 Å². The molecule has 94 valence electrons. The molecule has 0 bridgehead atoms. The van der Waals surface area contributed by atoms with Gasteiger partial charge in [0.25, 0.3) is 0 Å². The zero-order valence-corrected chi connectivity index (χ0v) is 10.3. The summed E-state index contributed by atoms with van der Waals surface area (Å²) < 4.78 is 4.65. The molecule has 1 aliphatic rings. The number of methoxy groups -OCH3 is 1. The first-order valence-corrected chi connectivity index (χ1v) is 5.84. The van der Waals surface area contributed by atoms with Gasteiger partial charge in [-0.2, -0.15) is 0 Å². The van der Waals surface area contributed by atoms with Gasteiger partial charge in [0.1, 0.15) is 5.69 Å². The highest BCUT2D eigenvalue weighted by Crippen LogP contribution is 2.17. The quantitative estimate of drug-likeness (QED) is 0.754. The van der Waals surface area contributed by atoms with Gasteiger partial charge in [-0.1, -0.05) is 6.92 Å². The molecule has 0 amide bonds. The number of H-pyrrole nitrogens is 1. The summed E-state index contributed by atoms with van der Waals surface area (Å²) in [6, 6.07) is 3.92. The van der Waals surface area contributed by atoms with Gasteiger partial charge in [-0.3, -0.25) is 4.90 Å². The highest BCUT2D eigenvalue weighted by Gasteiger charge is 2.26. The van der Waals surface area contributed by atoms with Crippen molar-refractivity contribution >= 4 is 5.97 Å². The fourth-order valence-electron chi connectivity index (χ4n) is 2.23. The molecule has 2 unspecified atom stereocenters. The molecular formula is C12H19N3O2. The van der Waals surface area contributed by atoms with Crippen LogP contribution in [-0.2, 0) is 11.3 Å². The number of aromatic nitrogens is 1. The van der Waals surface area contributed by atoms with Crippen molar-refractivity contribution in [2.45, 2.75) is 19.5 Å². The molecule has 1 aromatic heterocycles. The predicted molar refractivity (Wildman–Crippen MR) is 64.5 cm³/mol. The number of hydrogen-bond donors (Lipinski definition) is 2. The van der Waals surface area contributed by atoms with Crippen LogP contribution in [0.3, 0.4) is 0 Å². The summed E-state index contributed by atoms with van der Waals surface area (Å²) in [6.07, 6.45) is 0. The van der Waals surface area contributed by atoms with E-state index in [1.807, 2.05) is 6.07 Å². The molecular weight excluding hydrogens is 218 g/mol. The van der Waals surface area contributed by atoms with Gasteiger partial charge in [0.05, 0.1) is 7.11 Å². The lowest BCUT2D eigenvalue weighted by Gasteiger charge is -2.13. The maximum absolute atomic E-state index is 11.3. The van der Waals surface area contributed by atoms with Crippen LogP contribution in [0.15, 0.2) is 12.1 Å². The number of rotatable bonds is 3. The van der Waals surface area contributed by atoms with E-state index in [0.29, 0.717) is 11.6 Å². The number of esters is 1. The van der Waals surface area contributed by atoms with Crippen LogP contribution in [-0.4, -0.2) is 42.1 Å². The normalized spacial score (nSPS) is 25.1. The number of aromatic amines is 1. The Morgan fingerprint density at radius 3 is 2.94 bits per heavy atom. The molecule has 0 radical (unpaired) electrons. The van der Waals surface area contributed by atoms with Gasteiger partial charge in [0.15, 0.2) is 0 Å². The molecule has 0 aliphatic carbocycles. The second-order valence-corrected chi connectivity index (χ2v) is 4.72. The number of carbonyl (C=O) groups is 1. The molecule has 1 aromatic rings. The Labute approximate surface area is 101 Å². The zero-order chi connectivity index (χ0) is 12.4. The van der Waals surface area contributed by atoms with Crippen molar-refractivity contribution in [3.63, 3.8) is 0 Å². The summed E-state index contributed by atoms with van der Waals surface area (Å²) in [7, 11) is 1.38. The number of hydrogen-bond acceptors (Lipinski definition) is 4. The van der Waals surface area contributed by atoms with Crippen LogP contribution < -0.4 is 5.73 Å². The van der Waals surface area contributed by atoms with Crippen molar-refractivity contribution in [3.8, 4) is 0 Å². The standard InChI is InChI=1S/C12H19N3O2/c1-8-5-15(7-10(8)13)6-9-3-4-11(14-9)12(16)17-2/h3-4,8,10,14H,5-7,13H2,1-2H3. The Bertz CT molecular complexity index is 392. The first kappa shape index (κ1) is 12.1. The first-order valence-electron chi connectivity index (χ1n) is 5.84. The van der Waals surface area contributed by atoms with Crippen LogP contribution in [0.4, 0.5) is 0 Å². The van der Waals surface area contributed by atoms with Crippen LogP contribution in [0.2, 0.25) is 0 Å². The summed E-state index contributed by atoms with van der Waals surface area (Å²) in [4.78, 5) is 16.6. The number of nitrogens with two attached hydrogens (primary N) is 1. The molecule has 1 saturated heterocycles. The highest BCUT2D eigenvalue weighted by molar-refractivity contribution is 5.87. The van der Waals surface area contributed by atoms with E-state index < -0.39 is 0 Å². The van der Waals surface area contributed by atoms with E-state index in [1.54, 1.807) is 6.07 Å². The Morgan fingerprint density at radius 1 is 1.59 bits per heavy atom. The molecule has 2 rings (SSSR count). The maximum atomic E-state index is 11.3. The van der Waals surface area contributed by atoms with E-state index in [2.05, 4.69) is 21.5 Å². The fraction of sp³-hybridized carbons (Fsp3) is 0.583. The summed E-state index contributed by atoms with van der Waals surface area (Å²) >= 11 is 0. The van der Waals surface area contributed by atoms with Crippen LogP contribution in [0.25, 0.3) is 0 Å². The Hall–Kier alpha value is -1.33. The maximum Gasteiger partial charge on any atom is 0.354 e. The van der Waals surface area contributed by atoms with Crippen molar-refractivity contribution in [3.05, 3.63) is 23.5 Å². The van der Waals surface area contributed by atoms with Crippen LogP contribution in [0, 0.1) is 5.92 Å². The molecule has 17 heavy (non-hydrogen) atoms. The number of nitrogens with zero attached hydrogens (tertiary/aromatic N) is 1. The zero-order valence-electron chi connectivity index (χ0n) is 10.3. The van der Waals surface area contributed by atoms with Gasteiger partial charge in [0.2, 0.25) is 0 Å². The van der Waals surface area contributed by atoms with Gasteiger partial charge in [-0.15, -0.1) is 0 Å². The molecule has 0 spiro atoms. The monoisotopic (exact) mass is 237 g/mol. The van der Waals surface area contributed by atoms with Crippen LogP contribution >= 0.6 is 0 Å². The van der Waals surface area contributed by atoms with E-state index in [-0.39, 0.29) is 12.0 Å². The van der Waals surface area contributed by atoms with E-state index in [4.69, 9.17) is 5.73 Å². The van der Waals surface area contributed by atoms with Crippen molar-refractivity contribution in [1.82, 2.24) is 9.88 Å². The highest BCUT2D eigenvalue weighted by atomic mass is 16.5. The molecule has 5 nitrogen and oxygen atoms in total. The lowest BCUT2D eigenvalue weighted by molar-refractivity contribution is 0.0594. The smallest absolute Gasteiger partial charge is 0.354 e. The minimum absolute atomic E-state index is 0.255. The minimum Gasteiger partial charge on any atom is -0.464 e. The summed E-state index contributed by atoms with van der Waals surface area (Å²) in [6.45, 7) is 4.88. The Balaban J connectivity index is 1.96. The lowest BCUT2D eigenvalue weighted by Crippen LogP contribution is -2.28. The van der Waals surface area contributed by atoms with E-state index in [1.165, 1.54) is 7.11 Å². The van der Waals surface area contributed by atoms with Gasteiger partial charge in [-0.25, -0.2) is 4.79 Å². The second-order valence-electron chi connectivity index (χ2n) is 4.72. The third kappa shape index (κ3) is 2.68. The SMILES string of the molecule is COC(=O)c1ccc(CN2CC(C)C(N)C2)[nH]1. The van der Waals surface area contributed by atoms with Gasteiger partial charge in [0, 0.05) is 31.4 Å². The Kier molecular flexibility index (Phi) is 3.49. The van der Waals surface area contributed by atoms with Crippen molar-refractivity contribution in [2.75, 3.05) is 20.2 Å². The van der Waals surface area contributed by atoms with Crippen molar-refractivity contribution in [2.24, 2.45) is 11.7 Å². The largest absolute Gasteiger partial charge is 0.464 e.